The SMILES string of the molecule is Cc1nc(CNC(C)C(C)C)cs1. The summed E-state index contributed by atoms with van der Waals surface area (Å²) < 4.78 is 0. The molecule has 1 aromatic rings. The van der Waals surface area contributed by atoms with Crippen molar-refractivity contribution in [1.29, 1.82) is 0 Å². The van der Waals surface area contributed by atoms with Gasteiger partial charge in [-0.15, -0.1) is 11.3 Å². The zero-order valence-electron chi connectivity index (χ0n) is 8.79. The Balaban J connectivity index is 2.35. The van der Waals surface area contributed by atoms with Crippen molar-refractivity contribution in [2.45, 2.75) is 40.3 Å². The van der Waals surface area contributed by atoms with Gasteiger partial charge in [-0.3, -0.25) is 0 Å². The Morgan fingerprint density at radius 3 is 2.62 bits per heavy atom. The van der Waals surface area contributed by atoms with Crippen molar-refractivity contribution in [3.63, 3.8) is 0 Å². The lowest BCUT2D eigenvalue weighted by molar-refractivity contribution is 0.424. The van der Waals surface area contributed by atoms with Crippen molar-refractivity contribution in [1.82, 2.24) is 10.3 Å². The summed E-state index contributed by atoms with van der Waals surface area (Å²) in [7, 11) is 0. The Morgan fingerprint density at radius 2 is 2.15 bits per heavy atom. The minimum Gasteiger partial charge on any atom is -0.308 e. The van der Waals surface area contributed by atoms with E-state index in [1.165, 1.54) is 0 Å². The number of rotatable bonds is 4. The van der Waals surface area contributed by atoms with E-state index in [-0.39, 0.29) is 0 Å². The van der Waals surface area contributed by atoms with E-state index in [1.54, 1.807) is 11.3 Å². The Kier molecular flexibility index (Phi) is 3.88. The molecule has 0 radical (unpaired) electrons. The van der Waals surface area contributed by atoms with Crippen molar-refractivity contribution in [2.24, 2.45) is 5.92 Å². The second-order valence-corrected chi connectivity index (χ2v) is 4.83. The molecule has 0 amide bonds. The summed E-state index contributed by atoms with van der Waals surface area (Å²) in [6.07, 6.45) is 0. The summed E-state index contributed by atoms with van der Waals surface area (Å²) in [5.74, 6) is 0.680. The van der Waals surface area contributed by atoms with E-state index >= 15 is 0 Å². The lowest BCUT2D eigenvalue weighted by atomic mass is 10.1. The second-order valence-electron chi connectivity index (χ2n) is 3.77. The van der Waals surface area contributed by atoms with Gasteiger partial charge >= 0.3 is 0 Å². The number of nitrogens with one attached hydrogen (secondary N) is 1. The maximum absolute atomic E-state index is 4.40. The van der Waals surface area contributed by atoms with Gasteiger partial charge in [-0.1, -0.05) is 13.8 Å². The van der Waals surface area contributed by atoms with Crippen molar-refractivity contribution >= 4 is 11.3 Å². The van der Waals surface area contributed by atoms with Crippen LogP contribution in [0.2, 0.25) is 0 Å². The lowest BCUT2D eigenvalue weighted by Gasteiger charge is -2.16. The van der Waals surface area contributed by atoms with Crippen LogP contribution in [0, 0.1) is 12.8 Å². The molecule has 1 heterocycles. The van der Waals surface area contributed by atoms with Gasteiger partial charge in [0.25, 0.3) is 0 Å². The fourth-order valence-electron chi connectivity index (χ4n) is 0.991. The standard InChI is InChI=1S/C10H18N2S/c1-7(2)8(3)11-5-10-6-13-9(4)12-10/h6-8,11H,5H2,1-4H3. The maximum atomic E-state index is 4.40. The monoisotopic (exact) mass is 198 g/mol. The third-order valence-corrected chi connectivity index (χ3v) is 3.09. The van der Waals surface area contributed by atoms with Crippen LogP contribution in [-0.2, 0) is 6.54 Å². The van der Waals surface area contributed by atoms with E-state index in [1.807, 2.05) is 6.92 Å². The zero-order valence-corrected chi connectivity index (χ0v) is 9.61. The number of aryl methyl sites for hydroxylation is 1. The molecular formula is C10H18N2S. The minimum atomic E-state index is 0.557. The Hall–Kier alpha value is -0.410. The fraction of sp³-hybridized carbons (Fsp3) is 0.700. The van der Waals surface area contributed by atoms with Gasteiger partial charge in [-0.25, -0.2) is 4.98 Å². The molecule has 0 saturated heterocycles. The summed E-state index contributed by atoms with van der Waals surface area (Å²) in [6.45, 7) is 9.60. The van der Waals surface area contributed by atoms with Crippen LogP contribution in [0.15, 0.2) is 5.38 Å². The van der Waals surface area contributed by atoms with Crippen LogP contribution in [0.5, 0.6) is 0 Å². The Morgan fingerprint density at radius 1 is 1.46 bits per heavy atom. The molecule has 74 valence electrons. The molecule has 0 saturated carbocycles. The second kappa shape index (κ2) is 4.72. The molecule has 0 fully saturated rings. The van der Waals surface area contributed by atoms with E-state index < -0.39 is 0 Å². The fourth-order valence-corrected chi connectivity index (χ4v) is 1.60. The first-order valence-corrected chi connectivity index (χ1v) is 5.62. The molecule has 0 aliphatic heterocycles. The van der Waals surface area contributed by atoms with E-state index in [4.69, 9.17) is 0 Å². The van der Waals surface area contributed by atoms with Crippen molar-refractivity contribution in [3.05, 3.63) is 16.1 Å². The molecule has 1 N–H and O–H groups in total. The minimum absolute atomic E-state index is 0.557. The molecule has 3 heteroatoms. The molecule has 0 bridgehead atoms. The summed E-state index contributed by atoms with van der Waals surface area (Å²) in [4.78, 5) is 4.40. The molecule has 1 aromatic heterocycles. The van der Waals surface area contributed by atoms with Crippen LogP contribution in [0.3, 0.4) is 0 Å². The highest BCUT2D eigenvalue weighted by atomic mass is 32.1. The highest BCUT2D eigenvalue weighted by Gasteiger charge is 2.06. The highest BCUT2D eigenvalue weighted by molar-refractivity contribution is 7.09. The quantitative estimate of drug-likeness (QED) is 0.804. The van der Waals surface area contributed by atoms with Crippen LogP contribution < -0.4 is 5.32 Å². The van der Waals surface area contributed by atoms with Crippen LogP contribution in [-0.4, -0.2) is 11.0 Å². The van der Waals surface area contributed by atoms with Gasteiger partial charge in [0, 0.05) is 18.0 Å². The van der Waals surface area contributed by atoms with Gasteiger partial charge in [0.05, 0.1) is 10.7 Å². The highest BCUT2D eigenvalue weighted by Crippen LogP contribution is 2.08. The van der Waals surface area contributed by atoms with Gasteiger partial charge in [0.15, 0.2) is 0 Å². The third-order valence-electron chi connectivity index (χ3n) is 2.27. The molecule has 1 rings (SSSR count). The van der Waals surface area contributed by atoms with E-state index in [0.29, 0.717) is 12.0 Å². The molecule has 0 aliphatic carbocycles. The number of hydrogen-bond donors (Lipinski definition) is 1. The molecular weight excluding hydrogens is 180 g/mol. The van der Waals surface area contributed by atoms with Crippen LogP contribution in [0.25, 0.3) is 0 Å². The molecule has 2 nitrogen and oxygen atoms in total. The summed E-state index contributed by atoms with van der Waals surface area (Å²) >= 11 is 1.71. The van der Waals surface area contributed by atoms with Crippen LogP contribution in [0.4, 0.5) is 0 Å². The number of nitrogens with zero attached hydrogens (tertiary/aromatic N) is 1. The van der Waals surface area contributed by atoms with Gasteiger partial charge in [-0.05, 0) is 19.8 Å². The molecule has 1 unspecified atom stereocenters. The van der Waals surface area contributed by atoms with Gasteiger partial charge in [0.2, 0.25) is 0 Å². The zero-order chi connectivity index (χ0) is 9.84. The van der Waals surface area contributed by atoms with Gasteiger partial charge in [0.1, 0.15) is 0 Å². The number of thiazole rings is 1. The summed E-state index contributed by atoms with van der Waals surface area (Å²) in [5, 5.41) is 6.72. The van der Waals surface area contributed by atoms with Crippen molar-refractivity contribution < 1.29 is 0 Å². The average Bonchev–Trinajstić information content (AvgIpc) is 2.47. The number of hydrogen-bond acceptors (Lipinski definition) is 3. The Bertz CT molecular complexity index is 255. The summed E-state index contributed by atoms with van der Waals surface area (Å²) in [5.41, 5.74) is 1.16. The average molecular weight is 198 g/mol. The van der Waals surface area contributed by atoms with E-state index in [0.717, 1.165) is 17.2 Å². The van der Waals surface area contributed by atoms with Gasteiger partial charge in [-0.2, -0.15) is 0 Å². The van der Waals surface area contributed by atoms with Crippen molar-refractivity contribution in [3.8, 4) is 0 Å². The Labute approximate surface area is 84.4 Å². The predicted molar refractivity (Wildman–Crippen MR) is 58.0 cm³/mol. The van der Waals surface area contributed by atoms with Crippen molar-refractivity contribution in [2.75, 3.05) is 0 Å². The molecule has 0 aliphatic rings. The topological polar surface area (TPSA) is 24.9 Å². The van der Waals surface area contributed by atoms with Crippen LogP contribution >= 0.6 is 11.3 Å². The predicted octanol–water partition coefficient (Wildman–Crippen LogP) is 2.59. The first-order chi connectivity index (χ1) is 6.09. The first-order valence-electron chi connectivity index (χ1n) is 4.74. The normalized spacial score (nSPS) is 13.6. The van der Waals surface area contributed by atoms with E-state index in [9.17, 15) is 0 Å². The number of aromatic nitrogens is 1. The summed E-state index contributed by atoms with van der Waals surface area (Å²) in [6, 6.07) is 0.557. The first kappa shape index (κ1) is 10.7. The lowest BCUT2D eigenvalue weighted by Crippen LogP contribution is -2.30. The van der Waals surface area contributed by atoms with Crippen LogP contribution in [0.1, 0.15) is 31.5 Å². The molecule has 1 atom stereocenters. The maximum Gasteiger partial charge on any atom is 0.0897 e. The molecule has 13 heavy (non-hydrogen) atoms. The molecule has 0 aromatic carbocycles. The molecule has 0 spiro atoms. The smallest absolute Gasteiger partial charge is 0.0897 e. The third kappa shape index (κ3) is 3.44. The van der Waals surface area contributed by atoms with E-state index in [2.05, 4.69) is 36.5 Å². The van der Waals surface area contributed by atoms with Gasteiger partial charge < -0.3 is 5.32 Å². The largest absolute Gasteiger partial charge is 0.308 e.